The molecule has 25 heavy (non-hydrogen) atoms. The fourth-order valence-electron chi connectivity index (χ4n) is 2.47. The molecule has 0 saturated carbocycles. The zero-order chi connectivity index (χ0) is 17.8. The maximum atomic E-state index is 12.4. The Bertz CT molecular complexity index is 954. The molecule has 0 saturated heterocycles. The average Bonchev–Trinajstić information content (AvgIpc) is 3.16. The number of ether oxygens (including phenoxy) is 2. The number of carbonyl (C=O) groups excluding carboxylic acids is 1. The van der Waals surface area contributed by atoms with Crippen LogP contribution in [0.3, 0.4) is 0 Å². The molecule has 0 radical (unpaired) electrons. The van der Waals surface area contributed by atoms with E-state index >= 15 is 0 Å². The van der Waals surface area contributed by atoms with Crippen LogP contribution in [-0.4, -0.2) is 40.6 Å². The fraction of sp³-hybridized carbons (Fsp3) is 0.353. The molecule has 0 unspecified atom stereocenters. The molecule has 2 aromatic heterocycles. The summed E-state index contributed by atoms with van der Waals surface area (Å²) in [6, 6.07) is 7.53. The summed E-state index contributed by atoms with van der Waals surface area (Å²) in [5.41, 5.74) is 1.33. The Hall–Kier alpha value is -2.45. The van der Waals surface area contributed by atoms with E-state index in [0.29, 0.717) is 30.3 Å². The van der Waals surface area contributed by atoms with Crippen molar-refractivity contribution in [2.45, 2.75) is 13.5 Å². The molecule has 0 N–H and O–H groups in total. The van der Waals surface area contributed by atoms with Crippen molar-refractivity contribution in [2.24, 2.45) is 12.0 Å². The first kappa shape index (κ1) is 17.4. The molecular weight excluding hydrogens is 340 g/mol. The highest BCUT2D eigenvalue weighted by Crippen LogP contribution is 2.23. The summed E-state index contributed by atoms with van der Waals surface area (Å²) in [6.07, 6.45) is 1.72. The molecule has 0 bridgehead atoms. The number of amides is 1. The minimum absolute atomic E-state index is 0.327. The number of hydrogen-bond acceptors (Lipinski definition) is 5. The molecule has 1 amide bonds. The summed E-state index contributed by atoms with van der Waals surface area (Å²) < 4.78 is 15.3. The number of aromatic nitrogens is 3. The van der Waals surface area contributed by atoms with Gasteiger partial charge in [0.15, 0.2) is 10.5 Å². The first-order valence-electron chi connectivity index (χ1n) is 7.96. The molecule has 0 aliphatic heterocycles. The summed E-state index contributed by atoms with van der Waals surface area (Å²) in [7, 11) is 3.42. The van der Waals surface area contributed by atoms with E-state index in [1.807, 2.05) is 29.7 Å². The van der Waals surface area contributed by atoms with Crippen LogP contribution < -0.4 is 9.54 Å². The zero-order valence-electron chi connectivity index (χ0n) is 14.4. The number of thiazole rings is 1. The van der Waals surface area contributed by atoms with E-state index in [-0.39, 0.29) is 5.91 Å². The number of methoxy groups -OCH3 is 1. The molecule has 7 nitrogen and oxygen atoms in total. The molecule has 0 aliphatic carbocycles. The quantitative estimate of drug-likeness (QED) is 0.676. The largest absolute Gasteiger partial charge is 0.494 e. The molecule has 3 rings (SSSR count). The lowest BCUT2D eigenvalue weighted by Gasteiger charge is -2.05. The summed E-state index contributed by atoms with van der Waals surface area (Å²) in [5.74, 6) is 0.445. The van der Waals surface area contributed by atoms with E-state index in [1.165, 1.54) is 11.3 Å². The SMILES string of the molecule is CCOc1ccc2c(c1)sc(=NC(=O)c1ccn(C)n1)n2CCOC. The molecule has 132 valence electrons. The maximum Gasteiger partial charge on any atom is 0.300 e. The molecule has 0 spiro atoms. The number of rotatable bonds is 6. The van der Waals surface area contributed by atoms with Crippen molar-refractivity contribution in [1.29, 1.82) is 0 Å². The van der Waals surface area contributed by atoms with Gasteiger partial charge in [0.2, 0.25) is 0 Å². The van der Waals surface area contributed by atoms with Gasteiger partial charge in [0.05, 0.1) is 23.4 Å². The Morgan fingerprint density at radius 2 is 2.20 bits per heavy atom. The van der Waals surface area contributed by atoms with Crippen LogP contribution >= 0.6 is 11.3 Å². The van der Waals surface area contributed by atoms with E-state index < -0.39 is 0 Å². The van der Waals surface area contributed by atoms with Gasteiger partial charge in [-0.1, -0.05) is 11.3 Å². The fourth-order valence-corrected chi connectivity index (χ4v) is 3.55. The number of hydrogen-bond donors (Lipinski definition) is 0. The van der Waals surface area contributed by atoms with Gasteiger partial charge in [-0.2, -0.15) is 10.1 Å². The lowest BCUT2D eigenvalue weighted by atomic mass is 10.3. The maximum absolute atomic E-state index is 12.4. The third-order valence-electron chi connectivity index (χ3n) is 3.61. The Balaban J connectivity index is 2.08. The molecule has 0 fully saturated rings. The first-order chi connectivity index (χ1) is 12.1. The highest BCUT2D eigenvalue weighted by molar-refractivity contribution is 7.16. The predicted molar refractivity (Wildman–Crippen MR) is 96.0 cm³/mol. The van der Waals surface area contributed by atoms with Gasteiger partial charge in [0.25, 0.3) is 5.91 Å². The van der Waals surface area contributed by atoms with Gasteiger partial charge in [-0.15, -0.1) is 0 Å². The van der Waals surface area contributed by atoms with E-state index in [2.05, 4.69) is 10.1 Å². The molecule has 0 atom stereocenters. The van der Waals surface area contributed by atoms with Crippen molar-refractivity contribution in [1.82, 2.24) is 14.3 Å². The standard InChI is InChI=1S/C17H20N4O3S/c1-4-24-12-5-6-14-15(11-12)25-17(21(14)9-10-23-3)18-16(22)13-7-8-20(2)19-13/h5-8,11H,4,9-10H2,1-3H3. The monoisotopic (exact) mass is 360 g/mol. The van der Waals surface area contributed by atoms with Crippen LogP contribution in [0.25, 0.3) is 10.2 Å². The Labute approximate surface area is 149 Å². The Kier molecular flexibility index (Phi) is 5.30. The second-order valence-electron chi connectivity index (χ2n) is 5.38. The topological polar surface area (TPSA) is 70.6 Å². The predicted octanol–water partition coefficient (Wildman–Crippen LogP) is 2.22. The molecular formula is C17H20N4O3S. The molecule has 2 heterocycles. The second kappa shape index (κ2) is 7.62. The van der Waals surface area contributed by atoms with Gasteiger partial charge in [0, 0.05) is 26.9 Å². The van der Waals surface area contributed by atoms with Gasteiger partial charge < -0.3 is 14.0 Å². The Morgan fingerprint density at radius 1 is 1.36 bits per heavy atom. The van der Waals surface area contributed by atoms with Crippen LogP contribution in [0, 0.1) is 0 Å². The Morgan fingerprint density at radius 3 is 2.88 bits per heavy atom. The first-order valence-corrected chi connectivity index (χ1v) is 8.78. The summed E-state index contributed by atoms with van der Waals surface area (Å²) in [5, 5.41) is 4.12. The minimum atomic E-state index is -0.358. The van der Waals surface area contributed by atoms with Crippen molar-refractivity contribution in [2.75, 3.05) is 20.3 Å². The van der Waals surface area contributed by atoms with E-state index in [1.54, 1.807) is 31.1 Å². The van der Waals surface area contributed by atoms with Gasteiger partial charge >= 0.3 is 0 Å². The van der Waals surface area contributed by atoms with Crippen molar-refractivity contribution >= 4 is 27.5 Å². The van der Waals surface area contributed by atoms with Gasteiger partial charge in [-0.25, -0.2) is 0 Å². The van der Waals surface area contributed by atoms with E-state index in [9.17, 15) is 4.79 Å². The third-order valence-corrected chi connectivity index (χ3v) is 4.66. The molecule has 3 aromatic rings. The van der Waals surface area contributed by atoms with Gasteiger partial charge in [-0.05, 0) is 31.2 Å². The highest BCUT2D eigenvalue weighted by Gasteiger charge is 2.11. The van der Waals surface area contributed by atoms with Crippen LogP contribution in [0.5, 0.6) is 5.75 Å². The van der Waals surface area contributed by atoms with Crippen LogP contribution in [0.1, 0.15) is 17.4 Å². The van der Waals surface area contributed by atoms with Crippen molar-refractivity contribution in [3.8, 4) is 5.75 Å². The summed E-state index contributed by atoms with van der Waals surface area (Å²) in [4.78, 5) is 17.3. The summed E-state index contributed by atoms with van der Waals surface area (Å²) >= 11 is 1.45. The number of fused-ring (bicyclic) bond motifs is 1. The van der Waals surface area contributed by atoms with Crippen LogP contribution in [0.2, 0.25) is 0 Å². The molecule has 0 aliphatic rings. The highest BCUT2D eigenvalue weighted by atomic mass is 32.1. The number of benzene rings is 1. The van der Waals surface area contributed by atoms with Crippen molar-refractivity contribution < 1.29 is 14.3 Å². The molecule has 1 aromatic carbocycles. The van der Waals surface area contributed by atoms with Crippen LogP contribution in [0.4, 0.5) is 0 Å². The minimum Gasteiger partial charge on any atom is -0.494 e. The lowest BCUT2D eigenvalue weighted by Crippen LogP contribution is -2.19. The summed E-state index contributed by atoms with van der Waals surface area (Å²) in [6.45, 7) is 3.70. The van der Waals surface area contributed by atoms with Gasteiger partial charge in [-0.3, -0.25) is 9.48 Å². The number of nitrogens with zero attached hydrogens (tertiary/aromatic N) is 4. The third kappa shape index (κ3) is 3.80. The lowest BCUT2D eigenvalue weighted by molar-refractivity contribution is 0.0992. The van der Waals surface area contributed by atoms with E-state index in [4.69, 9.17) is 9.47 Å². The average molecular weight is 360 g/mol. The second-order valence-corrected chi connectivity index (χ2v) is 6.39. The zero-order valence-corrected chi connectivity index (χ0v) is 15.2. The van der Waals surface area contributed by atoms with Crippen molar-refractivity contribution in [3.63, 3.8) is 0 Å². The van der Waals surface area contributed by atoms with Crippen LogP contribution in [0.15, 0.2) is 35.5 Å². The number of aryl methyl sites for hydroxylation is 1. The van der Waals surface area contributed by atoms with Crippen molar-refractivity contribution in [3.05, 3.63) is 41.0 Å². The number of carbonyl (C=O) groups is 1. The normalized spacial score (nSPS) is 12.0. The molecule has 8 heteroatoms. The van der Waals surface area contributed by atoms with Crippen LogP contribution in [-0.2, 0) is 18.3 Å². The smallest absolute Gasteiger partial charge is 0.300 e. The van der Waals surface area contributed by atoms with E-state index in [0.717, 1.165) is 16.0 Å². The van der Waals surface area contributed by atoms with Gasteiger partial charge in [0.1, 0.15) is 5.75 Å².